The molecule has 0 aliphatic rings. The van der Waals surface area contributed by atoms with Crippen LogP contribution in [-0.2, 0) is 10.0 Å². The van der Waals surface area contributed by atoms with E-state index in [0.29, 0.717) is 17.3 Å². The third-order valence-electron chi connectivity index (χ3n) is 3.25. The topological polar surface area (TPSA) is 55.4 Å². The lowest BCUT2D eigenvalue weighted by molar-refractivity contribution is 0.306. The molecule has 0 saturated carbocycles. The Balaban J connectivity index is 1.98. The Morgan fingerprint density at radius 1 is 1.00 bits per heavy atom. The van der Waals surface area contributed by atoms with Crippen molar-refractivity contribution in [3.05, 3.63) is 53.6 Å². The highest BCUT2D eigenvalue weighted by Gasteiger charge is 2.13. The molecule has 0 aromatic heterocycles. The summed E-state index contributed by atoms with van der Waals surface area (Å²) in [5, 5.41) is 0.494. The smallest absolute Gasteiger partial charge is 0.261 e. The number of benzene rings is 2. The largest absolute Gasteiger partial charge is 0.494 e. The van der Waals surface area contributed by atoms with E-state index in [2.05, 4.69) is 11.6 Å². The first-order valence-corrected chi connectivity index (χ1v) is 9.38. The second-order valence-electron chi connectivity index (χ2n) is 5.14. The molecule has 0 spiro atoms. The lowest BCUT2D eigenvalue weighted by Crippen LogP contribution is -2.12. The van der Waals surface area contributed by atoms with Gasteiger partial charge in [0.1, 0.15) is 5.75 Å². The maximum absolute atomic E-state index is 12.3. The summed E-state index contributed by atoms with van der Waals surface area (Å²) < 4.78 is 32.6. The van der Waals surface area contributed by atoms with Crippen molar-refractivity contribution in [3.63, 3.8) is 0 Å². The van der Waals surface area contributed by atoms with Crippen molar-refractivity contribution in [3.8, 4) is 5.75 Å². The maximum atomic E-state index is 12.3. The van der Waals surface area contributed by atoms with Crippen molar-refractivity contribution in [1.29, 1.82) is 0 Å². The summed E-state index contributed by atoms with van der Waals surface area (Å²) >= 11 is 5.77. The minimum Gasteiger partial charge on any atom is -0.494 e. The Morgan fingerprint density at radius 3 is 2.26 bits per heavy atom. The van der Waals surface area contributed by atoms with Crippen molar-refractivity contribution in [2.75, 3.05) is 11.3 Å². The van der Waals surface area contributed by atoms with E-state index in [1.165, 1.54) is 12.1 Å². The molecule has 4 nitrogen and oxygen atoms in total. The lowest BCUT2D eigenvalue weighted by Gasteiger charge is -2.10. The normalized spacial score (nSPS) is 11.2. The molecule has 6 heteroatoms. The van der Waals surface area contributed by atoms with Gasteiger partial charge in [0.25, 0.3) is 10.0 Å². The Kier molecular flexibility index (Phi) is 6.30. The van der Waals surface area contributed by atoms with Crippen LogP contribution in [0.25, 0.3) is 0 Å². The molecule has 0 fully saturated rings. The minimum absolute atomic E-state index is 0.168. The quantitative estimate of drug-likeness (QED) is 0.699. The fourth-order valence-corrected chi connectivity index (χ4v) is 3.17. The lowest BCUT2D eigenvalue weighted by atomic mass is 10.2. The van der Waals surface area contributed by atoms with Crippen molar-refractivity contribution in [2.24, 2.45) is 0 Å². The van der Waals surface area contributed by atoms with Crippen LogP contribution in [0.15, 0.2) is 53.4 Å². The summed E-state index contributed by atoms with van der Waals surface area (Å²) in [5.74, 6) is 0.732. The van der Waals surface area contributed by atoms with Gasteiger partial charge in [0.2, 0.25) is 0 Å². The van der Waals surface area contributed by atoms with E-state index >= 15 is 0 Å². The van der Waals surface area contributed by atoms with E-state index in [4.69, 9.17) is 16.3 Å². The molecule has 1 N–H and O–H groups in total. The van der Waals surface area contributed by atoms with E-state index in [9.17, 15) is 8.42 Å². The van der Waals surface area contributed by atoms with E-state index in [1.807, 2.05) is 0 Å². The van der Waals surface area contributed by atoms with Crippen LogP contribution >= 0.6 is 11.6 Å². The van der Waals surface area contributed by atoms with Crippen LogP contribution in [0.4, 0.5) is 5.69 Å². The van der Waals surface area contributed by atoms with Crippen LogP contribution in [0.5, 0.6) is 5.75 Å². The average Bonchev–Trinajstić information content (AvgIpc) is 2.53. The van der Waals surface area contributed by atoms with Gasteiger partial charge in [0.15, 0.2) is 0 Å². The van der Waals surface area contributed by atoms with Crippen molar-refractivity contribution < 1.29 is 13.2 Å². The summed E-state index contributed by atoms with van der Waals surface area (Å²) in [6.07, 6.45) is 3.30. The summed E-state index contributed by atoms with van der Waals surface area (Å²) in [4.78, 5) is 0.168. The second-order valence-corrected chi connectivity index (χ2v) is 7.26. The standard InChI is InChI=1S/C17H20ClNO3S/c1-2-3-4-13-22-16-9-7-15(8-10-16)19-23(20,21)17-11-5-14(18)6-12-17/h5-12,19H,2-4,13H2,1H3. The highest BCUT2D eigenvalue weighted by atomic mass is 35.5. The van der Waals surface area contributed by atoms with Crippen LogP contribution in [0.3, 0.4) is 0 Å². The molecule has 0 radical (unpaired) electrons. The number of unbranched alkanes of at least 4 members (excludes halogenated alkanes) is 2. The van der Waals surface area contributed by atoms with Gasteiger partial charge < -0.3 is 4.74 Å². The zero-order valence-corrected chi connectivity index (χ0v) is 14.5. The van der Waals surface area contributed by atoms with Gasteiger partial charge in [0.05, 0.1) is 11.5 Å². The highest BCUT2D eigenvalue weighted by molar-refractivity contribution is 7.92. The number of hydrogen-bond donors (Lipinski definition) is 1. The summed E-state index contributed by atoms with van der Waals surface area (Å²) in [5.41, 5.74) is 0.487. The summed E-state index contributed by atoms with van der Waals surface area (Å²) in [6.45, 7) is 2.81. The predicted octanol–water partition coefficient (Wildman–Crippen LogP) is 4.71. The number of rotatable bonds is 8. The monoisotopic (exact) mass is 353 g/mol. The van der Waals surface area contributed by atoms with Gasteiger partial charge in [-0.3, -0.25) is 4.72 Å². The minimum atomic E-state index is -3.62. The molecular weight excluding hydrogens is 334 g/mol. The fourth-order valence-electron chi connectivity index (χ4n) is 1.99. The molecule has 124 valence electrons. The van der Waals surface area contributed by atoms with Gasteiger partial charge in [-0.2, -0.15) is 0 Å². The highest BCUT2D eigenvalue weighted by Crippen LogP contribution is 2.20. The molecule has 0 amide bonds. The zero-order chi connectivity index (χ0) is 16.7. The van der Waals surface area contributed by atoms with Crippen LogP contribution < -0.4 is 9.46 Å². The zero-order valence-electron chi connectivity index (χ0n) is 13.0. The number of anilines is 1. The Labute approximate surface area is 142 Å². The molecule has 2 aromatic rings. The molecule has 2 rings (SSSR count). The van der Waals surface area contributed by atoms with Gasteiger partial charge >= 0.3 is 0 Å². The van der Waals surface area contributed by atoms with Gasteiger partial charge in [0, 0.05) is 10.7 Å². The van der Waals surface area contributed by atoms with Crippen LogP contribution in [0.2, 0.25) is 5.02 Å². The second kappa shape index (κ2) is 8.22. The van der Waals surface area contributed by atoms with Crippen molar-refractivity contribution >= 4 is 27.3 Å². The molecule has 0 aliphatic heterocycles. The number of hydrogen-bond acceptors (Lipinski definition) is 3. The van der Waals surface area contributed by atoms with Crippen molar-refractivity contribution in [1.82, 2.24) is 0 Å². The number of nitrogens with one attached hydrogen (secondary N) is 1. The molecule has 2 aromatic carbocycles. The van der Waals surface area contributed by atoms with E-state index in [1.54, 1.807) is 36.4 Å². The summed E-state index contributed by atoms with van der Waals surface area (Å²) in [6, 6.07) is 12.9. The Hall–Kier alpha value is -1.72. The molecule has 0 atom stereocenters. The fraction of sp³-hybridized carbons (Fsp3) is 0.294. The maximum Gasteiger partial charge on any atom is 0.261 e. The molecule has 0 bridgehead atoms. The molecular formula is C17H20ClNO3S. The van der Waals surface area contributed by atoms with Gasteiger partial charge in [-0.05, 0) is 55.0 Å². The number of sulfonamides is 1. The first kappa shape index (κ1) is 17.6. The van der Waals surface area contributed by atoms with E-state index in [-0.39, 0.29) is 4.90 Å². The van der Waals surface area contributed by atoms with Gasteiger partial charge in [-0.25, -0.2) is 8.42 Å². The average molecular weight is 354 g/mol. The first-order valence-electron chi connectivity index (χ1n) is 7.52. The Morgan fingerprint density at radius 2 is 1.65 bits per heavy atom. The van der Waals surface area contributed by atoms with Crippen LogP contribution in [0, 0.1) is 0 Å². The third-order valence-corrected chi connectivity index (χ3v) is 4.90. The van der Waals surface area contributed by atoms with E-state index < -0.39 is 10.0 Å². The number of ether oxygens (including phenoxy) is 1. The first-order chi connectivity index (χ1) is 11.0. The van der Waals surface area contributed by atoms with Crippen molar-refractivity contribution in [2.45, 2.75) is 31.1 Å². The molecule has 0 unspecified atom stereocenters. The van der Waals surface area contributed by atoms with Gasteiger partial charge in [-0.15, -0.1) is 0 Å². The van der Waals surface area contributed by atoms with E-state index in [0.717, 1.165) is 25.0 Å². The molecule has 0 heterocycles. The molecule has 0 saturated heterocycles. The third kappa shape index (κ3) is 5.44. The molecule has 23 heavy (non-hydrogen) atoms. The number of halogens is 1. The van der Waals surface area contributed by atoms with Gasteiger partial charge in [-0.1, -0.05) is 31.4 Å². The Bertz CT molecular complexity index is 713. The molecule has 0 aliphatic carbocycles. The van der Waals surface area contributed by atoms with Crippen LogP contribution in [-0.4, -0.2) is 15.0 Å². The SMILES string of the molecule is CCCCCOc1ccc(NS(=O)(=O)c2ccc(Cl)cc2)cc1. The predicted molar refractivity (Wildman–Crippen MR) is 93.7 cm³/mol. The summed E-state index contributed by atoms with van der Waals surface area (Å²) in [7, 11) is -3.62. The van der Waals surface area contributed by atoms with Crippen LogP contribution in [0.1, 0.15) is 26.2 Å².